The Morgan fingerprint density at radius 1 is 1.26 bits per heavy atom. The summed E-state index contributed by atoms with van der Waals surface area (Å²) in [6.45, 7) is 3.47. The van der Waals surface area contributed by atoms with Gasteiger partial charge in [-0.05, 0) is 31.2 Å². The number of rotatable bonds is 9. The Morgan fingerprint density at radius 3 is 2.57 bits per heavy atom. The van der Waals surface area contributed by atoms with E-state index in [2.05, 4.69) is 10.3 Å². The molecule has 0 aliphatic heterocycles. The Morgan fingerprint density at radius 2 is 1.96 bits per heavy atom. The highest BCUT2D eigenvalue weighted by Crippen LogP contribution is 2.17. The third kappa shape index (κ3) is 5.86. The van der Waals surface area contributed by atoms with Crippen LogP contribution in [0.1, 0.15) is 6.92 Å². The van der Waals surface area contributed by atoms with Crippen molar-refractivity contribution in [3.05, 3.63) is 36.7 Å². The van der Waals surface area contributed by atoms with E-state index in [1.54, 1.807) is 6.20 Å². The number of ether oxygens (including phenoxy) is 2. The zero-order valence-electron chi connectivity index (χ0n) is 13.3. The molecule has 6 nitrogen and oxygen atoms in total. The van der Waals surface area contributed by atoms with Crippen molar-refractivity contribution < 1.29 is 14.3 Å². The van der Waals surface area contributed by atoms with E-state index in [9.17, 15) is 4.79 Å². The van der Waals surface area contributed by atoms with Gasteiger partial charge in [-0.1, -0.05) is 11.8 Å². The van der Waals surface area contributed by atoms with E-state index in [1.165, 1.54) is 11.8 Å². The molecule has 1 aromatic carbocycles. The molecule has 1 aromatic heterocycles. The molecule has 0 spiro atoms. The first kappa shape index (κ1) is 17.2. The van der Waals surface area contributed by atoms with Gasteiger partial charge in [-0.15, -0.1) is 0 Å². The number of nitrogens with zero attached hydrogens (tertiary/aromatic N) is 2. The first-order valence-corrected chi connectivity index (χ1v) is 8.40. The second kappa shape index (κ2) is 9.09. The lowest BCUT2D eigenvalue weighted by molar-refractivity contribution is -0.118. The molecule has 23 heavy (non-hydrogen) atoms. The van der Waals surface area contributed by atoms with Crippen molar-refractivity contribution in [2.24, 2.45) is 7.05 Å². The van der Waals surface area contributed by atoms with Gasteiger partial charge in [0.2, 0.25) is 5.91 Å². The van der Waals surface area contributed by atoms with Gasteiger partial charge < -0.3 is 19.4 Å². The number of thioether (sulfide) groups is 1. The Kier molecular flexibility index (Phi) is 6.80. The normalized spacial score (nSPS) is 10.3. The van der Waals surface area contributed by atoms with Crippen LogP contribution < -0.4 is 14.8 Å². The van der Waals surface area contributed by atoms with E-state index in [4.69, 9.17) is 9.47 Å². The van der Waals surface area contributed by atoms with Gasteiger partial charge in [-0.3, -0.25) is 4.79 Å². The van der Waals surface area contributed by atoms with Gasteiger partial charge in [0, 0.05) is 19.4 Å². The first-order chi connectivity index (χ1) is 11.2. The van der Waals surface area contributed by atoms with Crippen LogP contribution in [0.15, 0.2) is 41.8 Å². The molecule has 1 amide bonds. The number of aromatic nitrogens is 2. The number of carbonyl (C=O) groups excluding carboxylic acids is 1. The largest absolute Gasteiger partial charge is 0.494 e. The number of imidazole rings is 1. The van der Waals surface area contributed by atoms with Crippen molar-refractivity contribution in [2.75, 3.05) is 25.5 Å². The Balaban J connectivity index is 1.61. The van der Waals surface area contributed by atoms with E-state index in [-0.39, 0.29) is 5.91 Å². The van der Waals surface area contributed by atoms with Crippen LogP contribution >= 0.6 is 11.8 Å². The third-order valence-electron chi connectivity index (χ3n) is 2.94. The molecule has 0 aliphatic carbocycles. The molecular formula is C16H21N3O3S. The lowest BCUT2D eigenvalue weighted by Gasteiger charge is -2.09. The summed E-state index contributed by atoms with van der Waals surface area (Å²) in [5.41, 5.74) is 0. The maximum absolute atomic E-state index is 11.7. The minimum absolute atomic E-state index is 0.0340. The van der Waals surface area contributed by atoms with Crippen LogP contribution in [0.3, 0.4) is 0 Å². The molecule has 2 aromatic rings. The minimum atomic E-state index is -0.0340. The molecule has 0 aliphatic rings. The smallest absolute Gasteiger partial charge is 0.230 e. The van der Waals surface area contributed by atoms with Crippen LogP contribution in [-0.4, -0.2) is 41.0 Å². The number of hydrogen-bond acceptors (Lipinski definition) is 5. The predicted molar refractivity (Wildman–Crippen MR) is 90.0 cm³/mol. The monoisotopic (exact) mass is 335 g/mol. The summed E-state index contributed by atoms with van der Waals surface area (Å²) in [6.07, 6.45) is 3.57. The van der Waals surface area contributed by atoms with Gasteiger partial charge in [0.1, 0.15) is 18.1 Å². The number of aryl methyl sites for hydroxylation is 1. The highest BCUT2D eigenvalue weighted by atomic mass is 32.2. The summed E-state index contributed by atoms with van der Waals surface area (Å²) in [4.78, 5) is 15.9. The molecule has 0 bridgehead atoms. The van der Waals surface area contributed by atoms with Crippen LogP contribution in [0.2, 0.25) is 0 Å². The van der Waals surface area contributed by atoms with Crippen LogP contribution in [0.5, 0.6) is 11.5 Å². The number of amides is 1. The number of carbonyl (C=O) groups is 1. The average Bonchev–Trinajstić information content (AvgIpc) is 2.96. The lowest BCUT2D eigenvalue weighted by atomic mass is 10.3. The molecule has 0 fully saturated rings. The van der Waals surface area contributed by atoms with Crippen LogP contribution in [-0.2, 0) is 11.8 Å². The molecule has 1 N–H and O–H groups in total. The molecule has 2 rings (SSSR count). The molecule has 0 unspecified atom stereocenters. The average molecular weight is 335 g/mol. The molecule has 7 heteroatoms. The Labute approximate surface area is 140 Å². The predicted octanol–water partition coefficient (Wildman–Crippen LogP) is 2.11. The zero-order valence-corrected chi connectivity index (χ0v) is 14.1. The van der Waals surface area contributed by atoms with Crippen LogP contribution in [0.4, 0.5) is 0 Å². The summed E-state index contributed by atoms with van der Waals surface area (Å²) in [5.74, 6) is 1.88. The first-order valence-electron chi connectivity index (χ1n) is 7.41. The molecule has 124 valence electrons. The van der Waals surface area contributed by atoms with Gasteiger partial charge >= 0.3 is 0 Å². The van der Waals surface area contributed by atoms with E-state index in [0.717, 1.165) is 16.7 Å². The van der Waals surface area contributed by atoms with Crippen molar-refractivity contribution in [1.82, 2.24) is 14.9 Å². The zero-order chi connectivity index (χ0) is 16.5. The van der Waals surface area contributed by atoms with Crippen LogP contribution in [0.25, 0.3) is 0 Å². The van der Waals surface area contributed by atoms with E-state index < -0.39 is 0 Å². The van der Waals surface area contributed by atoms with Gasteiger partial charge in [-0.2, -0.15) is 0 Å². The van der Waals surface area contributed by atoms with Gasteiger partial charge in [0.15, 0.2) is 5.16 Å². The molecule has 0 saturated carbocycles. The minimum Gasteiger partial charge on any atom is -0.494 e. The van der Waals surface area contributed by atoms with E-state index in [0.29, 0.717) is 25.5 Å². The number of nitrogens with one attached hydrogen (secondary N) is 1. The standard InChI is InChI=1S/C16H21N3O3S/c1-3-21-13-4-6-14(7-5-13)22-11-9-17-15(20)12-23-16-18-8-10-19(16)2/h4-8,10H,3,9,11-12H2,1-2H3,(H,17,20). The maximum atomic E-state index is 11.7. The molecule has 0 atom stereocenters. The summed E-state index contributed by atoms with van der Waals surface area (Å²) in [7, 11) is 1.90. The fourth-order valence-corrected chi connectivity index (χ4v) is 2.59. The summed E-state index contributed by atoms with van der Waals surface area (Å²) >= 11 is 1.41. The fraction of sp³-hybridized carbons (Fsp3) is 0.375. The Hall–Kier alpha value is -2.15. The van der Waals surface area contributed by atoms with Gasteiger partial charge in [-0.25, -0.2) is 4.98 Å². The van der Waals surface area contributed by atoms with Crippen molar-refractivity contribution in [1.29, 1.82) is 0 Å². The topological polar surface area (TPSA) is 65.4 Å². The second-order valence-corrected chi connectivity index (χ2v) is 5.65. The van der Waals surface area contributed by atoms with Gasteiger partial charge in [0.25, 0.3) is 0 Å². The Bertz CT molecular complexity index is 613. The third-order valence-corrected chi connectivity index (χ3v) is 4.00. The summed E-state index contributed by atoms with van der Waals surface area (Å²) in [6, 6.07) is 7.43. The van der Waals surface area contributed by atoms with Crippen molar-refractivity contribution in [2.45, 2.75) is 12.1 Å². The highest BCUT2D eigenvalue weighted by molar-refractivity contribution is 7.99. The molecule has 1 heterocycles. The maximum Gasteiger partial charge on any atom is 0.230 e. The highest BCUT2D eigenvalue weighted by Gasteiger charge is 2.05. The fourth-order valence-electron chi connectivity index (χ4n) is 1.83. The summed E-state index contributed by atoms with van der Waals surface area (Å²) in [5, 5.41) is 3.64. The van der Waals surface area contributed by atoms with E-state index in [1.807, 2.05) is 49.0 Å². The number of benzene rings is 1. The number of hydrogen-bond donors (Lipinski definition) is 1. The van der Waals surface area contributed by atoms with Gasteiger partial charge in [0.05, 0.1) is 18.9 Å². The van der Waals surface area contributed by atoms with Crippen molar-refractivity contribution in [3.63, 3.8) is 0 Å². The quantitative estimate of drug-likeness (QED) is 0.562. The molecule has 0 radical (unpaired) electrons. The van der Waals surface area contributed by atoms with Crippen LogP contribution in [0, 0.1) is 0 Å². The van der Waals surface area contributed by atoms with E-state index >= 15 is 0 Å². The van der Waals surface area contributed by atoms with Crippen molar-refractivity contribution in [3.8, 4) is 11.5 Å². The summed E-state index contributed by atoms with van der Waals surface area (Å²) < 4.78 is 12.8. The van der Waals surface area contributed by atoms with Crippen molar-refractivity contribution >= 4 is 17.7 Å². The lowest BCUT2D eigenvalue weighted by Crippen LogP contribution is -2.29. The molecule has 0 saturated heterocycles. The second-order valence-electron chi connectivity index (χ2n) is 4.71. The molecular weight excluding hydrogens is 314 g/mol. The SMILES string of the molecule is CCOc1ccc(OCCNC(=O)CSc2nccn2C)cc1.